The highest BCUT2D eigenvalue weighted by Crippen LogP contribution is 2.18. The van der Waals surface area contributed by atoms with Crippen LogP contribution in [0.1, 0.15) is 5.56 Å². The minimum absolute atomic E-state index is 0.0309. The number of carbonyl (C=O) groups excluding carboxylic acids is 1. The van der Waals surface area contributed by atoms with Crippen LogP contribution in [0.4, 0.5) is 5.69 Å². The topological polar surface area (TPSA) is 72.7 Å². The van der Waals surface area contributed by atoms with Crippen LogP contribution in [0.25, 0.3) is 6.08 Å². The largest absolute Gasteiger partial charge is 0.492 e. The number of hydrogen-bond acceptors (Lipinski definition) is 4. The predicted octanol–water partition coefficient (Wildman–Crippen LogP) is 3.15. The Kier molecular flexibility index (Phi) is 6.08. The van der Waals surface area contributed by atoms with E-state index >= 15 is 0 Å². The zero-order chi connectivity index (χ0) is 17.4. The quantitative estimate of drug-likeness (QED) is 0.445. The van der Waals surface area contributed by atoms with Crippen molar-refractivity contribution in [1.29, 1.82) is 0 Å². The summed E-state index contributed by atoms with van der Waals surface area (Å²) in [5, 5.41) is 10.9. The summed E-state index contributed by atoms with van der Waals surface area (Å²) in [6.07, 6.45) is 2.78. The third-order valence-electron chi connectivity index (χ3n) is 3.35. The summed E-state index contributed by atoms with van der Waals surface area (Å²) in [6.45, 7) is 0.778. The van der Waals surface area contributed by atoms with E-state index in [1.165, 1.54) is 23.1 Å². The fourth-order valence-electron chi connectivity index (χ4n) is 2.01. The average molecular weight is 326 g/mol. The van der Waals surface area contributed by atoms with Gasteiger partial charge in [-0.3, -0.25) is 14.9 Å². The number of nitro groups is 1. The number of likely N-dealkylation sites (N-methyl/N-ethyl adjacent to an activating group) is 1. The molecular formula is C18H18N2O4. The van der Waals surface area contributed by atoms with Gasteiger partial charge in [-0.2, -0.15) is 0 Å². The zero-order valence-electron chi connectivity index (χ0n) is 13.3. The molecule has 0 unspecified atom stereocenters. The summed E-state index contributed by atoms with van der Waals surface area (Å²) in [5.41, 5.74) is 0.362. The van der Waals surface area contributed by atoms with Crippen molar-refractivity contribution in [2.45, 2.75) is 0 Å². The Balaban J connectivity index is 1.88. The Labute approximate surface area is 140 Å². The summed E-state index contributed by atoms with van der Waals surface area (Å²) >= 11 is 0. The van der Waals surface area contributed by atoms with Crippen LogP contribution >= 0.6 is 0 Å². The van der Waals surface area contributed by atoms with E-state index in [-0.39, 0.29) is 11.6 Å². The van der Waals surface area contributed by atoms with Crippen LogP contribution in [-0.2, 0) is 4.79 Å². The van der Waals surface area contributed by atoms with Gasteiger partial charge in [0.1, 0.15) is 12.4 Å². The fourth-order valence-corrected chi connectivity index (χ4v) is 2.01. The van der Waals surface area contributed by atoms with E-state index in [0.29, 0.717) is 18.7 Å². The first-order valence-corrected chi connectivity index (χ1v) is 7.42. The van der Waals surface area contributed by atoms with Gasteiger partial charge in [0.15, 0.2) is 0 Å². The standard InChI is InChI=1S/C18H18N2O4/c1-19(13-14-24-16-8-3-2-4-9-16)18(21)12-11-15-7-5-6-10-17(15)20(22)23/h2-12H,13-14H2,1H3/b12-11+. The van der Waals surface area contributed by atoms with Gasteiger partial charge in [0.25, 0.3) is 5.69 Å². The van der Waals surface area contributed by atoms with Gasteiger partial charge in [-0.1, -0.05) is 30.3 Å². The molecular weight excluding hydrogens is 308 g/mol. The molecule has 6 nitrogen and oxygen atoms in total. The van der Waals surface area contributed by atoms with Crippen LogP contribution < -0.4 is 4.74 Å². The predicted molar refractivity (Wildman–Crippen MR) is 91.7 cm³/mol. The fraction of sp³-hybridized carbons (Fsp3) is 0.167. The summed E-state index contributed by atoms with van der Waals surface area (Å²) in [7, 11) is 1.65. The van der Waals surface area contributed by atoms with E-state index in [1.807, 2.05) is 30.3 Å². The number of nitro benzene ring substituents is 1. The molecule has 0 aliphatic rings. The Morgan fingerprint density at radius 2 is 1.83 bits per heavy atom. The van der Waals surface area contributed by atoms with Crippen molar-refractivity contribution in [3.63, 3.8) is 0 Å². The van der Waals surface area contributed by atoms with Crippen molar-refractivity contribution >= 4 is 17.7 Å². The van der Waals surface area contributed by atoms with E-state index in [0.717, 1.165) is 5.75 Å². The molecule has 0 aliphatic heterocycles. The molecule has 2 rings (SSSR count). The van der Waals surface area contributed by atoms with Crippen LogP contribution in [0, 0.1) is 10.1 Å². The Morgan fingerprint density at radius 1 is 1.17 bits per heavy atom. The van der Waals surface area contributed by atoms with Crippen molar-refractivity contribution in [3.05, 3.63) is 76.4 Å². The number of carbonyl (C=O) groups is 1. The molecule has 0 atom stereocenters. The third-order valence-corrected chi connectivity index (χ3v) is 3.35. The number of hydrogen-bond donors (Lipinski definition) is 0. The Bertz CT molecular complexity index is 729. The van der Waals surface area contributed by atoms with Crippen molar-refractivity contribution in [2.75, 3.05) is 20.2 Å². The minimum atomic E-state index is -0.471. The molecule has 0 aromatic heterocycles. The minimum Gasteiger partial charge on any atom is -0.492 e. The van der Waals surface area contributed by atoms with Gasteiger partial charge in [-0.05, 0) is 24.3 Å². The first-order valence-electron chi connectivity index (χ1n) is 7.42. The van der Waals surface area contributed by atoms with E-state index in [1.54, 1.807) is 25.2 Å². The van der Waals surface area contributed by atoms with Crippen molar-refractivity contribution in [3.8, 4) is 5.75 Å². The first-order chi connectivity index (χ1) is 11.6. The second-order valence-electron chi connectivity index (χ2n) is 5.07. The van der Waals surface area contributed by atoms with Gasteiger partial charge in [-0.25, -0.2) is 0 Å². The molecule has 6 heteroatoms. The van der Waals surface area contributed by atoms with Gasteiger partial charge >= 0.3 is 0 Å². The molecule has 1 amide bonds. The molecule has 124 valence electrons. The number of para-hydroxylation sites is 2. The molecule has 2 aromatic rings. The summed E-state index contributed by atoms with van der Waals surface area (Å²) in [6, 6.07) is 15.6. The maximum absolute atomic E-state index is 12.1. The SMILES string of the molecule is CN(CCOc1ccccc1)C(=O)/C=C/c1ccccc1[N+](=O)[O-]. The van der Waals surface area contributed by atoms with E-state index in [9.17, 15) is 14.9 Å². The Hall–Kier alpha value is -3.15. The highest BCUT2D eigenvalue weighted by molar-refractivity contribution is 5.92. The Morgan fingerprint density at radius 3 is 2.54 bits per heavy atom. The third kappa shape index (κ3) is 4.95. The molecule has 0 saturated heterocycles. The lowest BCUT2D eigenvalue weighted by Crippen LogP contribution is -2.29. The highest BCUT2D eigenvalue weighted by Gasteiger charge is 2.11. The lowest BCUT2D eigenvalue weighted by atomic mass is 10.1. The maximum atomic E-state index is 12.1. The van der Waals surface area contributed by atoms with Crippen molar-refractivity contribution in [1.82, 2.24) is 4.90 Å². The molecule has 24 heavy (non-hydrogen) atoms. The molecule has 0 heterocycles. The van der Waals surface area contributed by atoms with Crippen LogP contribution in [0.2, 0.25) is 0 Å². The van der Waals surface area contributed by atoms with Crippen LogP contribution in [0.5, 0.6) is 5.75 Å². The number of benzene rings is 2. The smallest absolute Gasteiger partial charge is 0.276 e. The average Bonchev–Trinajstić information content (AvgIpc) is 2.60. The molecule has 0 saturated carbocycles. The van der Waals surface area contributed by atoms with Crippen LogP contribution in [0.15, 0.2) is 60.7 Å². The lowest BCUT2D eigenvalue weighted by molar-refractivity contribution is -0.385. The highest BCUT2D eigenvalue weighted by atomic mass is 16.6. The van der Waals surface area contributed by atoms with Crippen LogP contribution in [0.3, 0.4) is 0 Å². The number of rotatable bonds is 7. The van der Waals surface area contributed by atoms with Crippen molar-refractivity contribution in [2.24, 2.45) is 0 Å². The first kappa shape index (κ1) is 17.2. The van der Waals surface area contributed by atoms with E-state index in [2.05, 4.69) is 0 Å². The van der Waals surface area contributed by atoms with Gasteiger partial charge in [-0.15, -0.1) is 0 Å². The monoisotopic (exact) mass is 326 g/mol. The summed E-state index contributed by atoms with van der Waals surface area (Å²) < 4.78 is 5.53. The van der Waals surface area contributed by atoms with Gasteiger partial charge in [0, 0.05) is 19.2 Å². The molecule has 0 aliphatic carbocycles. The normalized spacial score (nSPS) is 10.5. The van der Waals surface area contributed by atoms with E-state index in [4.69, 9.17) is 4.74 Å². The molecule has 0 fully saturated rings. The second-order valence-corrected chi connectivity index (χ2v) is 5.07. The van der Waals surface area contributed by atoms with Crippen LogP contribution in [-0.4, -0.2) is 35.9 Å². The summed E-state index contributed by atoms with van der Waals surface area (Å²) in [5.74, 6) is 0.499. The molecule has 0 N–H and O–H groups in total. The number of ether oxygens (including phenoxy) is 1. The van der Waals surface area contributed by atoms with E-state index < -0.39 is 4.92 Å². The molecule has 2 aromatic carbocycles. The number of amides is 1. The van der Waals surface area contributed by atoms with Gasteiger partial charge in [0.2, 0.25) is 5.91 Å². The molecule has 0 spiro atoms. The number of nitrogens with zero attached hydrogens (tertiary/aromatic N) is 2. The zero-order valence-corrected chi connectivity index (χ0v) is 13.3. The second kappa shape index (κ2) is 8.47. The van der Waals surface area contributed by atoms with Gasteiger partial charge < -0.3 is 9.64 Å². The maximum Gasteiger partial charge on any atom is 0.276 e. The van der Waals surface area contributed by atoms with Gasteiger partial charge in [0.05, 0.1) is 17.0 Å². The summed E-state index contributed by atoms with van der Waals surface area (Å²) in [4.78, 5) is 24.0. The lowest BCUT2D eigenvalue weighted by Gasteiger charge is -2.15. The molecule has 0 bridgehead atoms. The molecule has 0 radical (unpaired) electrons. The van der Waals surface area contributed by atoms with Crippen molar-refractivity contribution < 1.29 is 14.5 Å².